The molecule has 2 rings (SSSR count). The second kappa shape index (κ2) is 2.61. The van der Waals surface area contributed by atoms with E-state index in [4.69, 9.17) is 4.74 Å². The molecule has 0 aromatic carbocycles. The molecule has 1 aliphatic carbocycles. The molecule has 1 saturated heterocycles. The van der Waals surface area contributed by atoms with Gasteiger partial charge in [0.1, 0.15) is 6.10 Å². The van der Waals surface area contributed by atoms with Gasteiger partial charge in [-0.2, -0.15) is 0 Å². The van der Waals surface area contributed by atoms with Gasteiger partial charge in [0, 0.05) is 5.41 Å². The van der Waals surface area contributed by atoms with E-state index in [0.29, 0.717) is 6.42 Å². The summed E-state index contributed by atoms with van der Waals surface area (Å²) >= 11 is 0. The van der Waals surface area contributed by atoms with Crippen molar-refractivity contribution in [2.24, 2.45) is 5.41 Å². The number of rotatable bonds is 1. The fraction of sp³-hybridized carbons (Fsp3) is 0.700. The van der Waals surface area contributed by atoms with Crippen molar-refractivity contribution in [3.8, 4) is 0 Å². The maximum atomic E-state index is 11.1. The predicted octanol–water partition coefficient (Wildman–Crippen LogP) is 2.05. The number of ether oxygens (including phenoxy) is 1. The molecule has 0 spiro atoms. The summed E-state index contributed by atoms with van der Waals surface area (Å²) in [6.07, 6.45) is 7.12. The smallest absolute Gasteiger partial charge is 0.307 e. The Morgan fingerprint density at radius 2 is 2.42 bits per heavy atom. The first-order valence-corrected chi connectivity index (χ1v) is 4.60. The Morgan fingerprint density at radius 3 is 3.08 bits per heavy atom. The van der Waals surface area contributed by atoms with E-state index < -0.39 is 0 Å². The van der Waals surface area contributed by atoms with Crippen LogP contribution in [0.15, 0.2) is 12.7 Å². The van der Waals surface area contributed by atoms with Crippen molar-refractivity contribution in [1.82, 2.24) is 0 Å². The maximum absolute atomic E-state index is 11.1. The minimum Gasteiger partial charge on any atom is -0.461 e. The molecule has 66 valence electrons. The molecule has 2 fully saturated rings. The third-order valence-electron chi connectivity index (χ3n) is 3.15. The zero-order valence-electron chi connectivity index (χ0n) is 7.21. The average Bonchev–Trinajstić information content (AvgIpc) is 2.41. The first-order valence-electron chi connectivity index (χ1n) is 4.60. The van der Waals surface area contributed by atoms with Gasteiger partial charge in [-0.3, -0.25) is 4.79 Å². The Labute approximate surface area is 72.6 Å². The SMILES string of the molecule is C=CC12CCCCC1OC(=O)C2. The number of hydrogen-bond donors (Lipinski definition) is 0. The molecule has 0 aromatic rings. The van der Waals surface area contributed by atoms with Crippen LogP contribution in [-0.2, 0) is 9.53 Å². The quantitative estimate of drug-likeness (QED) is 0.440. The lowest BCUT2D eigenvalue weighted by molar-refractivity contribution is -0.142. The molecule has 0 N–H and O–H groups in total. The molecule has 12 heavy (non-hydrogen) atoms. The Hall–Kier alpha value is -0.790. The van der Waals surface area contributed by atoms with Crippen molar-refractivity contribution in [2.45, 2.75) is 38.2 Å². The molecule has 0 amide bonds. The molecule has 2 aliphatic rings. The summed E-state index contributed by atoms with van der Waals surface area (Å²) in [5, 5.41) is 0. The Morgan fingerprint density at radius 1 is 1.58 bits per heavy atom. The van der Waals surface area contributed by atoms with Crippen molar-refractivity contribution in [1.29, 1.82) is 0 Å². The van der Waals surface area contributed by atoms with E-state index in [9.17, 15) is 4.79 Å². The zero-order valence-corrected chi connectivity index (χ0v) is 7.21. The lowest BCUT2D eigenvalue weighted by atomic mass is 9.71. The van der Waals surface area contributed by atoms with Gasteiger partial charge in [0.25, 0.3) is 0 Å². The minimum atomic E-state index is -0.0400. The lowest BCUT2D eigenvalue weighted by Gasteiger charge is -2.33. The van der Waals surface area contributed by atoms with Crippen LogP contribution in [0.2, 0.25) is 0 Å². The van der Waals surface area contributed by atoms with Gasteiger partial charge in [-0.25, -0.2) is 0 Å². The molecule has 2 heteroatoms. The highest BCUT2D eigenvalue weighted by atomic mass is 16.6. The van der Waals surface area contributed by atoms with Gasteiger partial charge in [0.05, 0.1) is 6.42 Å². The summed E-state index contributed by atoms with van der Waals surface area (Å²) in [7, 11) is 0. The minimum absolute atomic E-state index is 0.00463. The standard InChI is InChI=1S/C10H14O2/c1-2-10-6-4-3-5-8(10)12-9(11)7-10/h2,8H,1,3-7H2. The van der Waals surface area contributed by atoms with Crippen LogP contribution in [-0.4, -0.2) is 12.1 Å². The van der Waals surface area contributed by atoms with Crippen LogP contribution in [0.3, 0.4) is 0 Å². The van der Waals surface area contributed by atoms with Crippen molar-refractivity contribution >= 4 is 5.97 Å². The van der Waals surface area contributed by atoms with Crippen molar-refractivity contribution in [2.75, 3.05) is 0 Å². The van der Waals surface area contributed by atoms with Crippen molar-refractivity contribution in [3.05, 3.63) is 12.7 Å². The summed E-state index contributed by atoms with van der Waals surface area (Å²) in [4.78, 5) is 11.1. The monoisotopic (exact) mass is 166 g/mol. The van der Waals surface area contributed by atoms with Crippen LogP contribution in [0.1, 0.15) is 32.1 Å². The molecule has 1 saturated carbocycles. The molecule has 2 atom stereocenters. The molecular weight excluding hydrogens is 152 g/mol. The topological polar surface area (TPSA) is 26.3 Å². The molecule has 0 radical (unpaired) electrons. The van der Waals surface area contributed by atoms with E-state index in [1.54, 1.807) is 0 Å². The highest BCUT2D eigenvalue weighted by Crippen LogP contribution is 2.46. The molecule has 0 aromatic heterocycles. The van der Waals surface area contributed by atoms with E-state index in [2.05, 4.69) is 6.58 Å². The van der Waals surface area contributed by atoms with Crippen LogP contribution in [0.4, 0.5) is 0 Å². The van der Waals surface area contributed by atoms with Gasteiger partial charge in [-0.1, -0.05) is 12.5 Å². The van der Waals surface area contributed by atoms with Crippen molar-refractivity contribution in [3.63, 3.8) is 0 Å². The lowest BCUT2D eigenvalue weighted by Crippen LogP contribution is -2.31. The Bertz CT molecular complexity index is 222. The van der Waals surface area contributed by atoms with Crippen LogP contribution in [0.25, 0.3) is 0 Å². The number of hydrogen-bond acceptors (Lipinski definition) is 2. The fourth-order valence-corrected chi connectivity index (χ4v) is 2.39. The summed E-state index contributed by atoms with van der Waals surface area (Å²) in [5.74, 6) is -0.0400. The third-order valence-corrected chi connectivity index (χ3v) is 3.15. The second-order valence-electron chi connectivity index (χ2n) is 3.84. The number of fused-ring (bicyclic) bond motifs is 1. The first kappa shape index (κ1) is 7.84. The summed E-state index contributed by atoms with van der Waals surface area (Å²) in [6, 6.07) is 0. The van der Waals surface area contributed by atoms with Gasteiger partial charge in [-0.05, 0) is 19.3 Å². The largest absolute Gasteiger partial charge is 0.461 e. The van der Waals surface area contributed by atoms with Gasteiger partial charge < -0.3 is 4.74 Å². The highest BCUT2D eigenvalue weighted by molar-refractivity contribution is 5.73. The van der Waals surface area contributed by atoms with E-state index in [-0.39, 0.29) is 17.5 Å². The van der Waals surface area contributed by atoms with Crippen LogP contribution < -0.4 is 0 Å². The summed E-state index contributed by atoms with van der Waals surface area (Å²) in [6.45, 7) is 3.82. The number of carbonyl (C=O) groups excluding carboxylic acids is 1. The zero-order chi connectivity index (χ0) is 8.60. The normalized spacial score (nSPS) is 40.3. The van der Waals surface area contributed by atoms with E-state index >= 15 is 0 Å². The first-order chi connectivity index (χ1) is 5.77. The maximum Gasteiger partial charge on any atom is 0.307 e. The molecule has 1 heterocycles. The Kier molecular flexibility index (Phi) is 1.71. The van der Waals surface area contributed by atoms with Crippen LogP contribution in [0.5, 0.6) is 0 Å². The average molecular weight is 166 g/mol. The summed E-state index contributed by atoms with van der Waals surface area (Å²) in [5.41, 5.74) is -0.00463. The number of esters is 1. The number of carbonyl (C=O) groups is 1. The van der Waals surface area contributed by atoms with Crippen LogP contribution in [0, 0.1) is 5.41 Å². The second-order valence-corrected chi connectivity index (χ2v) is 3.84. The van der Waals surface area contributed by atoms with Gasteiger partial charge in [-0.15, -0.1) is 6.58 Å². The molecule has 1 aliphatic heterocycles. The van der Waals surface area contributed by atoms with Gasteiger partial charge in [0.2, 0.25) is 0 Å². The molecule has 0 bridgehead atoms. The fourth-order valence-electron chi connectivity index (χ4n) is 2.39. The van der Waals surface area contributed by atoms with Crippen LogP contribution >= 0.6 is 0 Å². The predicted molar refractivity (Wildman–Crippen MR) is 45.6 cm³/mol. The van der Waals surface area contributed by atoms with E-state index in [1.807, 2.05) is 6.08 Å². The highest BCUT2D eigenvalue weighted by Gasteiger charge is 2.47. The van der Waals surface area contributed by atoms with E-state index in [1.165, 1.54) is 12.8 Å². The Balaban J connectivity index is 2.24. The molecular formula is C10H14O2. The molecule has 2 nitrogen and oxygen atoms in total. The van der Waals surface area contributed by atoms with Gasteiger partial charge in [0.15, 0.2) is 0 Å². The molecule has 2 unspecified atom stereocenters. The van der Waals surface area contributed by atoms with E-state index in [0.717, 1.165) is 12.8 Å². The summed E-state index contributed by atoms with van der Waals surface area (Å²) < 4.78 is 5.25. The van der Waals surface area contributed by atoms with Gasteiger partial charge >= 0.3 is 5.97 Å². The third kappa shape index (κ3) is 0.977. The van der Waals surface area contributed by atoms with Crippen molar-refractivity contribution < 1.29 is 9.53 Å².